The normalized spacial score (nSPS) is 22.8. The minimum absolute atomic E-state index is 0.00775. The summed E-state index contributed by atoms with van der Waals surface area (Å²) in [5, 5.41) is 5.67. The first-order valence-electron chi connectivity index (χ1n) is 9.93. The molecule has 1 aromatic carbocycles. The third-order valence-electron chi connectivity index (χ3n) is 6.05. The first-order valence-corrected chi connectivity index (χ1v) is 9.93. The fraction of sp³-hybridized carbons (Fsp3) is 0.600. The molecule has 3 rings (SSSR count). The molecule has 0 saturated carbocycles. The molecular weight excluding hydrogens is 358 g/mol. The summed E-state index contributed by atoms with van der Waals surface area (Å²) in [5.41, 5.74) is 0.746. The van der Waals surface area contributed by atoms with Crippen LogP contribution in [0.3, 0.4) is 0 Å². The van der Waals surface area contributed by atoms with E-state index in [9.17, 15) is 9.59 Å². The molecule has 0 spiro atoms. The van der Waals surface area contributed by atoms with Crippen molar-refractivity contribution in [1.82, 2.24) is 20.0 Å². The van der Waals surface area contributed by atoms with Crippen molar-refractivity contribution in [2.45, 2.75) is 25.3 Å². The molecule has 2 heterocycles. The van der Waals surface area contributed by atoms with Crippen molar-refractivity contribution in [3.63, 3.8) is 0 Å². The number of ether oxygens (including phenoxy) is 1. The lowest BCUT2D eigenvalue weighted by Crippen LogP contribution is -2.59. The lowest BCUT2D eigenvalue weighted by atomic mass is 9.92. The largest absolute Gasteiger partial charge is 0.497 e. The van der Waals surface area contributed by atoms with Gasteiger partial charge in [0.1, 0.15) is 5.75 Å². The number of hydrogen-bond acceptors (Lipinski definition) is 4. The average Bonchev–Trinajstić information content (AvgIpc) is 3.19. The molecule has 2 N–H and O–H groups in total. The highest BCUT2D eigenvalue weighted by atomic mass is 16.5. The topological polar surface area (TPSA) is 77.2 Å². The molecule has 2 aliphatic rings. The van der Waals surface area contributed by atoms with Gasteiger partial charge in [0.25, 0.3) is 0 Å². The van der Waals surface area contributed by atoms with Gasteiger partial charge in [0.2, 0.25) is 0 Å². The van der Waals surface area contributed by atoms with Gasteiger partial charge in [0.15, 0.2) is 0 Å². The van der Waals surface area contributed by atoms with Gasteiger partial charge >= 0.3 is 12.1 Å². The molecule has 0 bridgehead atoms. The van der Waals surface area contributed by atoms with Crippen LogP contribution in [0.1, 0.15) is 19.8 Å². The molecule has 0 aromatic heterocycles. The Hall–Kier alpha value is -2.48. The maximum atomic E-state index is 12.6. The molecule has 8 nitrogen and oxygen atoms in total. The predicted octanol–water partition coefficient (Wildman–Crippen LogP) is 2.04. The number of anilines is 1. The average molecular weight is 390 g/mol. The molecule has 2 aliphatic heterocycles. The van der Waals surface area contributed by atoms with Crippen LogP contribution in [-0.4, -0.2) is 85.7 Å². The van der Waals surface area contributed by atoms with Crippen LogP contribution in [0.4, 0.5) is 15.3 Å². The summed E-state index contributed by atoms with van der Waals surface area (Å²) in [4.78, 5) is 30.8. The fourth-order valence-corrected chi connectivity index (χ4v) is 4.25. The number of piperazine rings is 1. The number of carbonyl (C=O) groups excluding carboxylic acids is 2. The predicted molar refractivity (Wildman–Crippen MR) is 109 cm³/mol. The second-order valence-corrected chi connectivity index (χ2v) is 7.44. The van der Waals surface area contributed by atoms with E-state index in [1.807, 2.05) is 34.1 Å². The summed E-state index contributed by atoms with van der Waals surface area (Å²) in [7, 11) is 3.28. The minimum atomic E-state index is -0.0862. The Labute approximate surface area is 166 Å². The number of carbonyl (C=O) groups is 2. The fourth-order valence-electron chi connectivity index (χ4n) is 4.25. The van der Waals surface area contributed by atoms with Crippen LogP contribution in [0.15, 0.2) is 24.3 Å². The third kappa shape index (κ3) is 4.16. The first-order chi connectivity index (χ1) is 13.5. The number of nitrogens with zero attached hydrogens (tertiary/aromatic N) is 3. The quantitative estimate of drug-likeness (QED) is 0.826. The second kappa shape index (κ2) is 8.68. The molecule has 4 amide bonds. The summed E-state index contributed by atoms with van der Waals surface area (Å²) < 4.78 is 5.21. The molecule has 2 saturated heterocycles. The SMILES string of the molecule is CCC1(N2CCN(C(=O)Nc3cccc(OC)c3)CC2)CCN(C(=O)NC)C1. The molecule has 8 heteroatoms. The van der Waals surface area contributed by atoms with Crippen LogP contribution in [0.25, 0.3) is 0 Å². The van der Waals surface area contributed by atoms with E-state index in [1.165, 1.54) is 0 Å². The van der Waals surface area contributed by atoms with Gasteiger partial charge in [-0.2, -0.15) is 0 Å². The highest BCUT2D eigenvalue weighted by molar-refractivity contribution is 5.89. The summed E-state index contributed by atoms with van der Waals surface area (Å²) in [6.07, 6.45) is 1.98. The number of urea groups is 2. The van der Waals surface area contributed by atoms with Crippen LogP contribution in [0.2, 0.25) is 0 Å². The highest BCUT2D eigenvalue weighted by Crippen LogP contribution is 2.32. The molecule has 0 aliphatic carbocycles. The molecule has 1 atom stereocenters. The maximum absolute atomic E-state index is 12.6. The molecule has 2 fully saturated rings. The zero-order chi connectivity index (χ0) is 20.1. The van der Waals surface area contributed by atoms with E-state index in [0.29, 0.717) is 13.1 Å². The highest BCUT2D eigenvalue weighted by Gasteiger charge is 2.44. The summed E-state index contributed by atoms with van der Waals surface area (Å²) in [5.74, 6) is 0.717. The van der Waals surface area contributed by atoms with Crippen molar-refractivity contribution in [2.75, 3.05) is 58.7 Å². The Balaban J connectivity index is 1.56. The van der Waals surface area contributed by atoms with Crippen molar-refractivity contribution in [3.05, 3.63) is 24.3 Å². The van der Waals surface area contributed by atoms with Crippen LogP contribution in [0, 0.1) is 0 Å². The van der Waals surface area contributed by atoms with Crippen molar-refractivity contribution < 1.29 is 14.3 Å². The lowest BCUT2D eigenvalue weighted by molar-refractivity contribution is 0.0477. The van der Waals surface area contributed by atoms with Gasteiger partial charge < -0.3 is 25.2 Å². The number of rotatable bonds is 4. The van der Waals surface area contributed by atoms with Gasteiger partial charge in [-0.25, -0.2) is 9.59 Å². The first kappa shape index (κ1) is 20.3. The van der Waals surface area contributed by atoms with Gasteiger partial charge in [-0.1, -0.05) is 13.0 Å². The zero-order valence-corrected chi connectivity index (χ0v) is 17.0. The van der Waals surface area contributed by atoms with Crippen LogP contribution >= 0.6 is 0 Å². The Kier molecular flexibility index (Phi) is 6.28. The number of methoxy groups -OCH3 is 1. The van der Waals surface area contributed by atoms with E-state index in [1.54, 1.807) is 14.2 Å². The number of nitrogens with one attached hydrogen (secondary N) is 2. The summed E-state index contributed by atoms with van der Waals surface area (Å²) in [6.45, 7) is 6.72. The molecule has 1 aromatic rings. The Morgan fingerprint density at radius 3 is 2.50 bits per heavy atom. The lowest BCUT2D eigenvalue weighted by Gasteiger charge is -2.45. The molecule has 0 radical (unpaired) electrons. The molecule has 1 unspecified atom stereocenters. The van der Waals surface area contributed by atoms with Crippen molar-refractivity contribution in [3.8, 4) is 5.75 Å². The van der Waals surface area contributed by atoms with E-state index in [2.05, 4.69) is 22.5 Å². The number of hydrogen-bond donors (Lipinski definition) is 2. The van der Waals surface area contributed by atoms with E-state index >= 15 is 0 Å². The van der Waals surface area contributed by atoms with Gasteiger partial charge in [-0.05, 0) is 25.0 Å². The van der Waals surface area contributed by atoms with E-state index in [4.69, 9.17) is 4.74 Å². The molecular formula is C20H31N5O3. The second-order valence-electron chi connectivity index (χ2n) is 7.44. The zero-order valence-electron chi connectivity index (χ0n) is 17.0. The Bertz CT molecular complexity index is 705. The van der Waals surface area contributed by atoms with Gasteiger partial charge in [0, 0.05) is 63.6 Å². The smallest absolute Gasteiger partial charge is 0.321 e. The number of likely N-dealkylation sites (tertiary alicyclic amines) is 1. The Morgan fingerprint density at radius 1 is 1.11 bits per heavy atom. The number of benzene rings is 1. The van der Waals surface area contributed by atoms with Crippen molar-refractivity contribution >= 4 is 17.7 Å². The van der Waals surface area contributed by atoms with Crippen LogP contribution in [-0.2, 0) is 0 Å². The molecule has 154 valence electrons. The number of amides is 4. The van der Waals surface area contributed by atoms with E-state index in [0.717, 1.165) is 50.5 Å². The van der Waals surface area contributed by atoms with E-state index in [-0.39, 0.29) is 17.6 Å². The third-order valence-corrected chi connectivity index (χ3v) is 6.05. The maximum Gasteiger partial charge on any atom is 0.321 e. The minimum Gasteiger partial charge on any atom is -0.497 e. The van der Waals surface area contributed by atoms with E-state index < -0.39 is 0 Å². The van der Waals surface area contributed by atoms with Gasteiger partial charge in [-0.3, -0.25) is 4.90 Å². The van der Waals surface area contributed by atoms with Crippen LogP contribution in [0.5, 0.6) is 5.75 Å². The molecule has 28 heavy (non-hydrogen) atoms. The monoisotopic (exact) mass is 389 g/mol. The van der Waals surface area contributed by atoms with Crippen molar-refractivity contribution in [2.24, 2.45) is 0 Å². The van der Waals surface area contributed by atoms with Crippen LogP contribution < -0.4 is 15.4 Å². The standard InChI is InChI=1S/C20H31N5O3/c1-4-20(8-9-24(15-20)18(26)21-2)25-12-10-23(11-13-25)19(27)22-16-6-5-7-17(14-16)28-3/h5-7,14H,4,8-13,15H2,1-3H3,(H,21,26)(H,22,27). The Morgan fingerprint density at radius 2 is 1.86 bits per heavy atom. The van der Waals surface area contributed by atoms with Crippen molar-refractivity contribution in [1.29, 1.82) is 0 Å². The summed E-state index contributed by atoms with van der Waals surface area (Å²) >= 11 is 0. The van der Waals surface area contributed by atoms with Gasteiger partial charge in [0.05, 0.1) is 7.11 Å². The summed E-state index contributed by atoms with van der Waals surface area (Å²) in [6, 6.07) is 7.28. The van der Waals surface area contributed by atoms with Gasteiger partial charge in [-0.15, -0.1) is 0 Å².